The number of hydrogen-bond acceptors (Lipinski definition) is 4. The molecular formula is C34H29Cl3N4O3S. The number of amides is 1. The standard InChI is InChI=1S/C34H29Cl3N4O3S/c1-22-9-14-29(36)19-33(22)40(45(43,44)30-7-5-4-6-8-30)21-25-10-12-26(13-11-25)34(42)39-38-20-27-17-23(2)41(24(27)3)32-16-15-28(35)18-31(32)37/h4-20H,21H2,1-3H3,(H,39,42)/b38-20-. The van der Waals surface area contributed by atoms with Crippen LogP contribution in [0.4, 0.5) is 5.69 Å². The molecule has 7 nitrogen and oxygen atoms in total. The number of halogens is 3. The van der Waals surface area contributed by atoms with Crippen molar-refractivity contribution < 1.29 is 13.2 Å². The predicted octanol–water partition coefficient (Wildman–Crippen LogP) is 8.52. The average Bonchev–Trinajstić information content (AvgIpc) is 3.30. The first-order valence-corrected chi connectivity index (χ1v) is 16.4. The first kappa shape index (κ1) is 32.3. The van der Waals surface area contributed by atoms with Crippen LogP contribution in [0.2, 0.25) is 15.1 Å². The van der Waals surface area contributed by atoms with Crippen molar-refractivity contribution in [2.45, 2.75) is 32.2 Å². The van der Waals surface area contributed by atoms with Gasteiger partial charge in [0.25, 0.3) is 15.9 Å². The van der Waals surface area contributed by atoms with E-state index in [0.717, 1.165) is 28.2 Å². The molecule has 0 saturated carbocycles. The van der Waals surface area contributed by atoms with Crippen LogP contribution in [0.3, 0.4) is 0 Å². The Balaban J connectivity index is 1.33. The molecular weight excluding hydrogens is 651 g/mol. The highest BCUT2D eigenvalue weighted by Gasteiger charge is 2.26. The molecule has 0 saturated heterocycles. The highest BCUT2D eigenvalue weighted by Crippen LogP contribution is 2.32. The van der Waals surface area contributed by atoms with Gasteiger partial charge >= 0.3 is 0 Å². The number of carbonyl (C=O) groups is 1. The number of rotatable bonds is 9. The molecule has 0 bridgehead atoms. The quantitative estimate of drug-likeness (QED) is 0.125. The molecule has 1 aromatic heterocycles. The largest absolute Gasteiger partial charge is 0.316 e. The van der Waals surface area contributed by atoms with E-state index >= 15 is 0 Å². The summed E-state index contributed by atoms with van der Waals surface area (Å²) >= 11 is 18.8. The van der Waals surface area contributed by atoms with Crippen LogP contribution in [0.1, 0.15) is 38.4 Å². The molecule has 5 rings (SSSR count). The summed E-state index contributed by atoms with van der Waals surface area (Å²) in [5.74, 6) is -0.410. The third kappa shape index (κ3) is 7.10. The fraction of sp³-hybridized carbons (Fsp3) is 0.118. The number of carbonyl (C=O) groups excluding carboxylic acids is 1. The second kappa shape index (κ2) is 13.5. The van der Waals surface area contributed by atoms with Gasteiger partial charge in [0.1, 0.15) is 0 Å². The number of sulfonamides is 1. The number of hydrazone groups is 1. The van der Waals surface area contributed by atoms with Gasteiger partial charge in [-0.3, -0.25) is 9.10 Å². The van der Waals surface area contributed by atoms with Crippen LogP contribution in [0.15, 0.2) is 107 Å². The van der Waals surface area contributed by atoms with Crippen LogP contribution in [0, 0.1) is 20.8 Å². The van der Waals surface area contributed by atoms with E-state index < -0.39 is 15.9 Å². The predicted molar refractivity (Wildman–Crippen MR) is 183 cm³/mol. The van der Waals surface area contributed by atoms with Crippen molar-refractivity contribution in [3.8, 4) is 5.69 Å². The fourth-order valence-electron chi connectivity index (χ4n) is 4.97. The Kier molecular flexibility index (Phi) is 9.70. The van der Waals surface area contributed by atoms with Crippen molar-refractivity contribution in [3.63, 3.8) is 0 Å². The van der Waals surface area contributed by atoms with E-state index in [9.17, 15) is 13.2 Å². The molecule has 45 heavy (non-hydrogen) atoms. The van der Waals surface area contributed by atoms with Crippen molar-refractivity contribution in [1.29, 1.82) is 0 Å². The molecule has 0 fully saturated rings. The summed E-state index contributed by atoms with van der Waals surface area (Å²) in [5.41, 5.74) is 8.28. The third-order valence-electron chi connectivity index (χ3n) is 7.30. The van der Waals surface area contributed by atoms with E-state index in [-0.39, 0.29) is 11.4 Å². The maximum atomic E-state index is 13.8. The lowest BCUT2D eigenvalue weighted by atomic mass is 10.1. The summed E-state index contributed by atoms with van der Waals surface area (Å²) < 4.78 is 30.8. The number of benzene rings is 4. The van der Waals surface area contributed by atoms with Crippen LogP contribution >= 0.6 is 34.8 Å². The van der Waals surface area contributed by atoms with Crippen molar-refractivity contribution in [2.75, 3.05) is 4.31 Å². The summed E-state index contributed by atoms with van der Waals surface area (Å²) in [4.78, 5) is 13.1. The number of aryl methyl sites for hydroxylation is 2. The summed E-state index contributed by atoms with van der Waals surface area (Å²) in [7, 11) is -3.92. The van der Waals surface area contributed by atoms with Gasteiger partial charge in [-0.25, -0.2) is 13.8 Å². The lowest BCUT2D eigenvalue weighted by Crippen LogP contribution is -2.31. The van der Waals surface area contributed by atoms with Crippen molar-refractivity contribution in [2.24, 2.45) is 5.10 Å². The third-order valence-corrected chi connectivity index (χ3v) is 9.85. The van der Waals surface area contributed by atoms with Gasteiger partial charge in [-0.1, -0.05) is 71.2 Å². The normalized spacial score (nSPS) is 11.6. The Morgan fingerprint density at radius 3 is 2.22 bits per heavy atom. The van der Waals surface area contributed by atoms with Crippen LogP contribution in [-0.2, 0) is 16.6 Å². The molecule has 230 valence electrons. The molecule has 0 spiro atoms. The van der Waals surface area contributed by atoms with Crippen molar-refractivity contribution in [3.05, 3.63) is 146 Å². The minimum Gasteiger partial charge on any atom is -0.316 e. The number of nitrogens with zero attached hydrogens (tertiary/aromatic N) is 3. The molecule has 11 heteroatoms. The highest BCUT2D eigenvalue weighted by molar-refractivity contribution is 7.92. The molecule has 0 aliphatic rings. The zero-order valence-electron chi connectivity index (χ0n) is 24.6. The van der Waals surface area contributed by atoms with Gasteiger partial charge in [-0.2, -0.15) is 5.10 Å². The summed E-state index contributed by atoms with van der Waals surface area (Å²) in [5, 5.41) is 5.66. The number of anilines is 1. The first-order valence-electron chi connectivity index (χ1n) is 13.9. The van der Waals surface area contributed by atoms with Crippen molar-refractivity contribution in [1.82, 2.24) is 9.99 Å². The molecule has 0 radical (unpaired) electrons. The molecule has 1 heterocycles. The Hall–Kier alpha value is -4.08. The Bertz CT molecular complexity index is 2010. The summed E-state index contributed by atoms with van der Waals surface area (Å²) in [6.07, 6.45) is 1.58. The maximum Gasteiger partial charge on any atom is 0.271 e. The summed E-state index contributed by atoms with van der Waals surface area (Å²) in [6.45, 7) is 5.75. The topological polar surface area (TPSA) is 83.8 Å². The monoisotopic (exact) mass is 678 g/mol. The molecule has 0 aliphatic carbocycles. The fourth-order valence-corrected chi connectivity index (χ4v) is 7.16. The smallest absolute Gasteiger partial charge is 0.271 e. The molecule has 0 aliphatic heterocycles. The Morgan fingerprint density at radius 2 is 1.53 bits per heavy atom. The summed E-state index contributed by atoms with van der Waals surface area (Å²) in [6, 6.07) is 27.3. The van der Waals surface area contributed by atoms with E-state index in [1.54, 1.807) is 91.1 Å². The van der Waals surface area contributed by atoms with E-state index in [1.807, 2.05) is 37.5 Å². The van der Waals surface area contributed by atoms with Gasteiger partial charge in [0.15, 0.2) is 0 Å². The van der Waals surface area contributed by atoms with E-state index in [2.05, 4.69) is 10.5 Å². The molecule has 0 atom stereocenters. The number of hydrogen-bond donors (Lipinski definition) is 1. The van der Waals surface area contributed by atoms with Crippen LogP contribution < -0.4 is 9.73 Å². The van der Waals surface area contributed by atoms with Crippen LogP contribution in [-0.4, -0.2) is 25.1 Å². The van der Waals surface area contributed by atoms with Crippen LogP contribution in [0.5, 0.6) is 0 Å². The van der Waals surface area contributed by atoms with Gasteiger partial charge in [0.2, 0.25) is 0 Å². The highest BCUT2D eigenvalue weighted by atomic mass is 35.5. The first-order chi connectivity index (χ1) is 21.5. The maximum absolute atomic E-state index is 13.8. The van der Waals surface area contributed by atoms with Gasteiger partial charge in [-0.05, 0) is 92.6 Å². The van der Waals surface area contributed by atoms with Crippen LogP contribution in [0.25, 0.3) is 5.69 Å². The molecule has 1 amide bonds. The van der Waals surface area contributed by atoms with Gasteiger partial charge in [-0.15, -0.1) is 0 Å². The van der Waals surface area contributed by atoms with Gasteiger partial charge in [0, 0.05) is 32.6 Å². The zero-order valence-corrected chi connectivity index (χ0v) is 27.7. The molecule has 1 N–H and O–H groups in total. The minimum absolute atomic E-state index is 0.0334. The second-order valence-corrected chi connectivity index (χ2v) is 13.6. The lowest BCUT2D eigenvalue weighted by Gasteiger charge is -2.26. The minimum atomic E-state index is -3.92. The average molecular weight is 680 g/mol. The molecule has 0 unspecified atom stereocenters. The van der Waals surface area contributed by atoms with Gasteiger partial charge < -0.3 is 4.57 Å². The SMILES string of the molecule is Cc1ccc(Cl)cc1N(Cc1ccc(C(=O)N/N=C\c2cc(C)n(-c3ccc(Cl)cc3Cl)c2C)cc1)S(=O)(=O)c1ccccc1. The van der Waals surface area contributed by atoms with Crippen molar-refractivity contribution >= 4 is 62.6 Å². The van der Waals surface area contributed by atoms with E-state index in [0.29, 0.717) is 31.9 Å². The van der Waals surface area contributed by atoms with E-state index in [4.69, 9.17) is 34.8 Å². The number of aromatic nitrogens is 1. The zero-order chi connectivity index (χ0) is 32.3. The number of nitrogens with one attached hydrogen (secondary N) is 1. The van der Waals surface area contributed by atoms with Gasteiger partial charge in [0.05, 0.1) is 34.1 Å². The van der Waals surface area contributed by atoms with E-state index in [1.165, 1.54) is 4.31 Å². The Morgan fingerprint density at radius 1 is 0.867 bits per heavy atom. The lowest BCUT2D eigenvalue weighted by molar-refractivity contribution is 0.0955. The second-order valence-electron chi connectivity index (χ2n) is 10.4. The molecule has 5 aromatic rings. The molecule has 4 aromatic carbocycles. The Labute approximate surface area is 277 Å².